The summed E-state index contributed by atoms with van der Waals surface area (Å²) in [5, 5.41) is 2.06. The quantitative estimate of drug-likeness (QED) is 0.0987. The second-order valence-corrected chi connectivity index (χ2v) is 15.1. The molecule has 6 N–H and O–H groups in total. The van der Waals surface area contributed by atoms with E-state index in [1.807, 2.05) is 4.98 Å². The maximum absolute atomic E-state index is 12.6. The van der Waals surface area contributed by atoms with Crippen LogP contribution in [0.15, 0.2) is 15.8 Å². The van der Waals surface area contributed by atoms with Gasteiger partial charge in [-0.05, 0) is 20.8 Å². The molecule has 1 aromatic heterocycles. The minimum atomic E-state index is -5.78. The molecule has 24 heteroatoms. The first-order valence-electron chi connectivity index (χ1n) is 12.1. The first-order chi connectivity index (χ1) is 20.1. The van der Waals surface area contributed by atoms with Crippen molar-refractivity contribution in [2.45, 2.75) is 58.2 Å². The highest BCUT2D eigenvalue weighted by Crippen LogP contribution is 2.66. The van der Waals surface area contributed by atoms with Crippen molar-refractivity contribution >= 4 is 46.4 Å². The lowest BCUT2D eigenvalue weighted by Gasteiger charge is -2.21. The molecule has 0 saturated carbocycles. The highest BCUT2D eigenvalue weighted by molar-refractivity contribution is 8.13. The van der Waals surface area contributed by atoms with Crippen molar-refractivity contribution in [3.8, 4) is 11.8 Å². The monoisotopic (exact) mass is 709 g/mol. The summed E-state index contributed by atoms with van der Waals surface area (Å²) >= 11 is 0.758. The van der Waals surface area contributed by atoms with Gasteiger partial charge in [0.25, 0.3) is 5.56 Å². The molecule has 0 bridgehead atoms. The van der Waals surface area contributed by atoms with Gasteiger partial charge in [-0.3, -0.25) is 23.7 Å². The van der Waals surface area contributed by atoms with E-state index in [9.17, 15) is 42.7 Å². The highest BCUT2D eigenvalue weighted by Gasteiger charge is 2.43. The van der Waals surface area contributed by atoms with Crippen molar-refractivity contribution < 1.29 is 70.2 Å². The Morgan fingerprint density at radius 1 is 1.16 bits per heavy atom. The number of aromatic nitrogens is 2. The molecule has 0 aliphatic carbocycles. The zero-order chi connectivity index (χ0) is 33.5. The zero-order valence-electron chi connectivity index (χ0n) is 23.4. The Labute approximate surface area is 253 Å². The summed E-state index contributed by atoms with van der Waals surface area (Å²) in [6, 6.07) is 0. The number of aromatic amines is 1. The summed E-state index contributed by atoms with van der Waals surface area (Å²) in [6.45, 7) is 5.14. The van der Waals surface area contributed by atoms with E-state index < -0.39 is 71.5 Å². The van der Waals surface area contributed by atoms with Crippen LogP contribution >= 0.6 is 35.2 Å². The molecule has 0 aromatic carbocycles. The molecule has 2 heterocycles. The van der Waals surface area contributed by atoms with Crippen LogP contribution < -0.4 is 16.6 Å². The van der Waals surface area contributed by atoms with Crippen LogP contribution in [0.3, 0.4) is 0 Å². The van der Waals surface area contributed by atoms with Crippen molar-refractivity contribution in [2.75, 3.05) is 19.1 Å². The Kier molecular flexibility index (Phi) is 13.3. The zero-order valence-corrected chi connectivity index (χ0v) is 26.9. The third kappa shape index (κ3) is 13.9. The summed E-state index contributed by atoms with van der Waals surface area (Å²) in [5.41, 5.74) is -2.75. The first-order valence-corrected chi connectivity index (χ1v) is 17.6. The lowest BCUT2D eigenvalue weighted by Crippen LogP contribution is -2.34. The average molecular weight is 709 g/mol. The van der Waals surface area contributed by atoms with E-state index in [4.69, 9.17) is 24.0 Å². The normalized spacial score (nSPS) is 21.4. The van der Waals surface area contributed by atoms with Gasteiger partial charge >= 0.3 is 35.3 Å². The SMILES string of the molecule is CC(=O)SCO[C@@H]1C[C@H](n2cc(C#CCNC(=O)OC(C)(C)C)c(=O)[nH]c2=O)OC1COP(=O)(O)OP(=O)(O)OP(=O)(O)O. The maximum Gasteiger partial charge on any atom is 0.490 e. The molecule has 1 aliphatic heterocycles. The van der Waals surface area contributed by atoms with E-state index in [1.165, 1.54) is 6.92 Å². The van der Waals surface area contributed by atoms with Crippen molar-refractivity contribution in [3.05, 3.63) is 32.6 Å². The number of nitrogens with zero attached hydrogens (tertiary/aromatic N) is 1. The van der Waals surface area contributed by atoms with Gasteiger partial charge in [-0.25, -0.2) is 23.3 Å². The number of alkyl carbamates (subject to hydrolysis) is 1. The van der Waals surface area contributed by atoms with E-state index in [1.54, 1.807) is 20.8 Å². The number of phosphoric ester groups is 1. The molecule has 0 radical (unpaired) electrons. The van der Waals surface area contributed by atoms with Crippen LogP contribution in [0, 0.1) is 11.8 Å². The van der Waals surface area contributed by atoms with Gasteiger partial charge in [-0.2, -0.15) is 8.62 Å². The summed E-state index contributed by atoms with van der Waals surface area (Å²) in [5.74, 6) is 4.80. The molecule has 1 aromatic rings. The number of carbonyl (C=O) groups excluding carboxylic acids is 2. The van der Waals surface area contributed by atoms with Crippen LogP contribution in [0.1, 0.15) is 45.9 Å². The van der Waals surface area contributed by atoms with Gasteiger partial charge < -0.3 is 39.1 Å². The number of H-pyrrole nitrogens is 1. The molecule has 3 unspecified atom stereocenters. The minimum absolute atomic E-state index is 0.151. The van der Waals surface area contributed by atoms with Gasteiger partial charge in [-0.1, -0.05) is 23.6 Å². The summed E-state index contributed by atoms with van der Waals surface area (Å²) < 4.78 is 63.8. The van der Waals surface area contributed by atoms with Crippen LogP contribution in [0.4, 0.5) is 4.79 Å². The van der Waals surface area contributed by atoms with Gasteiger partial charge in [0, 0.05) is 19.5 Å². The maximum atomic E-state index is 12.6. The van der Waals surface area contributed by atoms with Crippen molar-refractivity contribution in [3.63, 3.8) is 0 Å². The number of thioether (sulfide) groups is 1. The number of amides is 1. The lowest BCUT2D eigenvalue weighted by atomic mass is 10.2. The van der Waals surface area contributed by atoms with Gasteiger partial charge in [-0.15, -0.1) is 0 Å². The molecule has 5 atom stereocenters. The number of rotatable bonds is 12. The molecule has 1 amide bonds. The van der Waals surface area contributed by atoms with E-state index in [-0.39, 0.29) is 29.6 Å². The third-order valence-corrected chi connectivity index (χ3v) is 9.23. The number of ether oxygens (including phenoxy) is 3. The number of hydrogen-bond donors (Lipinski definition) is 6. The fourth-order valence-corrected chi connectivity index (χ4v) is 6.67. The number of phosphoric acid groups is 3. The topological polar surface area (TPSA) is 289 Å². The molecular weight excluding hydrogens is 679 g/mol. The Hall–Kier alpha value is -2.14. The number of hydrogen-bond acceptors (Lipinski definition) is 14. The highest BCUT2D eigenvalue weighted by atomic mass is 32.2. The van der Waals surface area contributed by atoms with Crippen LogP contribution in [0.25, 0.3) is 0 Å². The van der Waals surface area contributed by atoms with Crippen LogP contribution in [0.5, 0.6) is 0 Å². The minimum Gasteiger partial charge on any atom is -0.444 e. The van der Waals surface area contributed by atoms with Crippen LogP contribution in [0.2, 0.25) is 0 Å². The van der Waals surface area contributed by atoms with Gasteiger partial charge in [0.1, 0.15) is 23.5 Å². The molecule has 1 aliphatic rings. The average Bonchev–Trinajstić information content (AvgIpc) is 3.20. The second-order valence-electron chi connectivity index (χ2n) is 9.58. The van der Waals surface area contributed by atoms with E-state index >= 15 is 0 Å². The van der Waals surface area contributed by atoms with Crippen molar-refractivity contribution in [2.24, 2.45) is 0 Å². The number of nitrogens with one attached hydrogen (secondary N) is 2. The molecule has 1 saturated heterocycles. The predicted molar refractivity (Wildman–Crippen MR) is 149 cm³/mol. The largest absolute Gasteiger partial charge is 0.490 e. The Morgan fingerprint density at radius 3 is 2.41 bits per heavy atom. The van der Waals surface area contributed by atoms with Crippen molar-refractivity contribution in [1.82, 2.24) is 14.9 Å². The molecule has 1 fully saturated rings. The fraction of sp³-hybridized carbons (Fsp3) is 0.600. The van der Waals surface area contributed by atoms with E-state index in [0.717, 1.165) is 22.5 Å². The second kappa shape index (κ2) is 15.4. The lowest BCUT2D eigenvalue weighted by molar-refractivity contribution is -0.109. The smallest absolute Gasteiger partial charge is 0.444 e. The van der Waals surface area contributed by atoms with Crippen LogP contribution in [-0.4, -0.2) is 77.2 Å². The molecule has 0 spiro atoms. The van der Waals surface area contributed by atoms with E-state index in [0.29, 0.717) is 0 Å². The molecule has 248 valence electrons. The summed E-state index contributed by atoms with van der Waals surface area (Å²) in [7, 11) is -16.9. The molecule has 2 rings (SSSR count). The Bertz CT molecular complexity index is 1540. The summed E-state index contributed by atoms with van der Waals surface area (Å²) in [6.07, 6.45) is -3.39. The fourth-order valence-electron chi connectivity index (χ4n) is 3.23. The third-order valence-electron chi connectivity index (χ3n) is 4.76. The molecule has 44 heavy (non-hydrogen) atoms. The summed E-state index contributed by atoms with van der Waals surface area (Å²) in [4.78, 5) is 86.4. The molecule has 20 nitrogen and oxygen atoms in total. The predicted octanol–water partition coefficient (Wildman–Crippen LogP) is 0.666. The standard InChI is InChI=1S/C20H30N3O17P3S/c1-12(24)44-11-35-14-8-16(37-15(14)10-36-42(31,32)40-43(33,34)39-41(28,29)30)23-9-13(17(25)22-18(23)26)6-5-7-21-19(27)38-20(2,3)4/h9,14-16H,7-8,10-11H2,1-4H3,(H,21,27)(H,31,32)(H,33,34)(H,22,25,26)(H2,28,29,30)/t14-,15?,16-/m1/s1. The Morgan fingerprint density at radius 2 is 1.82 bits per heavy atom. The van der Waals surface area contributed by atoms with Crippen molar-refractivity contribution in [1.29, 1.82) is 0 Å². The van der Waals surface area contributed by atoms with E-state index in [2.05, 4.69) is 30.3 Å². The Balaban J connectivity index is 2.21. The van der Waals surface area contributed by atoms with Gasteiger partial charge in [0.2, 0.25) is 0 Å². The number of carbonyl (C=O) groups is 2. The van der Waals surface area contributed by atoms with Gasteiger partial charge in [0.15, 0.2) is 5.12 Å². The van der Waals surface area contributed by atoms with Crippen LogP contribution in [-0.2, 0) is 45.8 Å². The van der Waals surface area contributed by atoms with Gasteiger partial charge in [0.05, 0.1) is 25.2 Å². The molecular formula is C20H30N3O17P3S. The first kappa shape index (κ1) is 38.0.